The number of likely N-dealkylation sites (tertiary alicyclic amines) is 1. The van der Waals surface area contributed by atoms with Gasteiger partial charge in [-0.05, 0) is 43.4 Å². The lowest BCUT2D eigenvalue weighted by Gasteiger charge is -2.17. The van der Waals surface area contributed by atoms with Crippen molar-refractivity contribution < 1.29 is 8.42 Å². The van der Waals surface area contributed by atoms with Gasteiger partial charge in [0.25, 0.3) is 0 Å². The van der Waals surface area contributed by atoms with E-state index in [1.807, 2.05) is 13.0 Å². The first kappa shape index (κ1) is 15.0. The molecule has 6 heteroatoms. The molecule has 1 aromatic carbocycles. The summed E-state index contributed by atoms with van der Waals surface area (Å²) in [5.41, 5.74) is 7.30. The van der Waals surface area contributed by atoms with E-state index >= 15 is 0 Å². The number of sulfonamides is 1. The van der Waals surface area contributed by atoms with Gasteiger partial charge in [-0.2, -0.15) is 0 Å². The molecular formula is C15H23N3O2S. The molecule has 0 aromatic heterocycles. The molecule has 0 amide bonds. The Kier molecular flexibility index (Phi) is 4.05. The summed E-state index contributed by atoms with van der Waals surface area (Å²) < 4.78 is 28.1. The zero-order valence-corrected chi connectivity index (χ0v) is 13.2. The highest BCUT2D eigenvalue weighted by Gasteiger charge is 2.36. The van der Waals surface area contributed by atoms with Crippen molar-refractivity contribution in [3.05, 3.63) is 29.3 Å². The lowest BCUT2D eigenvalue weighted by Crippen LogP contribution is -2.37. The molecule has 1 saturated carbocycles. The minimum atomic E-state index is -3.47. The molecule has 1 aliphatic carbocycles. The summed E-state index contributed by atoms with van der Waals surface area (Å²) in [7, 11) is -3.47. The van der Waals surface area contributed by atoms with Crippen molar-refractivity contribution in [3.8, 4) is 0 Å². The van der Waals surface area contributed by atoms with Gasteiger partial charge in [0, 0.05) is 31.7 Å². The van der Waals surface area contributed by atoms with Crippen LogP contribution in [0.4, 0.5) is 0 Å². The van der Waals surface area contributed by atoms with Crippen LogP contribution in [0.15, 0.2) is 23.1 Å². The van der Waals surface area contributed by atoms with Gasteiger partial charge in [-0.15, -0.1) is 0 Å². The van der Waals surface area contributed by atoms with Crippen LogP contribution in [0, 0.1) is 6.92 Å². The van der Waals surface area contributed by atoms with Gasteiger partial charge in [0.1, 0.15) is 0 Å². The average Bonchev–Trinajstić information content (AvgIpc) is 3.20. The zero-order valence-electron chi connectivity index (χ0n) is 12.4. The Balaban J connectivity index is 1.75. The number of benzene rings is 1. The van der Waals surface area contributed by atoms with E-state index in [0.717, 1.165) is 30.6 Å². The SMILES string of the molecule is Cc1c(CN)cccc1S(=O)(=O)NC1CCN(C2CC2)C1. The van der Waals surface area contributed by atoms with Crippen molar-refractivity contribution >= 4 is 10.0 Å². The molecule has 0 radical (unpaired) electrons. The highest BCUT2D eigenvalue weighted by Crippen LogP contribution is 2.30. The Labute approximate surface area is 126 Å². The molecule has 21 heavy (non-hydrogen) atoms. The van der Waals surface area contributed by atoms with Crippen molar-refractivity contribution in [3.63, 3.8) is 0 Å². The number of hydrogen-bond acceptors (Lipinski definition) is 4. The topological polar surface area (TPSA) is 75.4 Å². The molecule has 3 rings (SSSR count). The van der Waals surface area contributed by atoms with Crippen LogP contribution in [0.1, 0.15) is 30.4 Å². The molecule has 1 atom stereocenters. The minimum Gasteiger partial charge on any atom is -0.326 e. The van der Waals surface area contributed by atoms with Crippen LogP contribution >= 0.6 is 0 Å². The van der Waals surface area contributed by atoms with Crippen LogP contribution in [0.25, 0.3) is 0 Å². The summed E-state index contributed by atoms with van der Waals surface area (Å²) in [6.07, 6.45) is 3.42. The number of nitrogens with one attached hydrogen (secondary N) is 1. The third-order valence-electron chi connectivity index (χ3n) is 4.51. The van der Waals surface area contributed by atoms with Gasteiger partial charge in [0.2, 0.25) is 10.0 Å². The summed E-state index contributed by atoms with van der Waals surface area (Å²) in [4.78, 5) is 2.76. The van der Waals surface area contributed by atoms with Crippen molar-refractivity contribution in [1.29, 1.82) is 0 Å². The van der Waals surface area contributed by atoms with Crippen molar-refractivity contribution in [2.45, 2.75) is 49.7 Å². The van der Waals surface area contributed by atoms with Gasteiger partial charge in [0.15, 0.2) is 0 Å². The van der Waals surface area contributed by atoms with Gasteiger partial charge >= 0.3 is 0 Å². The van der Waals surface area contributed by atoms with E-state index in [-0.39, 0.29) is 6.04 Å². The predicted molar refractivity (Wildman–Crippen MR) is 82.4 cm³/mol. The molecule has 1 unspecified atom stereocenters. The fourth-order valence-electron chi connectivity index (χ4n) is 3.11. The van der Waals surface area contributed by atoms with E-state index in [4.69, 9.17) is 5.73 Å². The number of rotatable bonds is 5. The maximum Gasteiger partial charge on any atom is 0.241 e. The maximum absolute atomic E-state index is 12.6. The van der Waals surface area contributed by atoms with E-state index in [0.29, 0.717) is 17.5 Å². The Morgan fingerprint density at radius 2 is 2.10 bits per heavy atom. The fraction of sp³-hybridized carbons (Fsp3) is 0.600. The van der Waals surface area contributed by atoms with Crippen LogP contribution in [-0.2, 0) is 16.6 Å². The van der Waals surface area contributed by atoms with E-state index in [1.54, 1.807) is 12.1 Å². The van der Waals surface area contributed by atoms with E-state index in [9.17, 15) is 8.42 Å². The average molecular weight is 309 g/mol. The maximum atomic E-state index is 12.6. The van der Waals surface area contributed by atoms with Crippen LogP contribution in [0.3, 0.4) is 0 Å². The van der Waals surface area contributed by atoms with Gasteiger partial charge < -0.3 is 5.73 Å². The lowest BCUT2D eigenvalue weighted by molar-refractivity contribution is 0.322. The van der Waals surface area contributed by atoms with Gasteiger partial charge in [-0.3, -0.25) is 4.90 Å². The monoisotopic (exact) mass is 309 g/mol. The molecule has 0 bridgehead atoms. The quantitative estimate of drug-likeness (QED) is 0.850. The second kappa shape index (κ2) is 5.68. The second-order valence-corrected chi connectivity index (χ2v) is 7.76. The Morgan fingerprint density at radius 3 is 2.76 bits per heavy atom. The first-order valence-electron chi connectivity index (χ1n) is 7.56. The predicted octanol–water partition coefficient (Wildman–Crippen LogP) is 0.969. The molecule has 2 fully saturated rings. The number of nitrogens with two attached hydrogens (primary N) is 1. The normalized spacial score (nSPS) is 23.6. The van der Waals surface area contributed by atoms with Gasteiger partial charge in [-0.25, -0.2) is 13.1 Å². The third kappa shape index (κ3) is 3.13. The van der Waals surface area contributed by atoms with Crippen LogP contribution in [-0.4, -0.2) is 38.5 Å². The highest BCUT2D eigenvalue weighted by atomic mass is 32.2. The van der Waals surface area contributed by atoms with E-state index < -0.39 is 10.0 Å². The number of hydrogen-bond donors (Lipinski definition) is 2. The second-order valence-electron chi connectivity index (χ2n) is 6.08. The van der Waals surface area contributed by atoms with E-state index in [1.165, 1.54) is 12.8 Å². The largest absolute Gasteiger partial charge is 0.326 e. The summed E-state index contributed by atoms with van der Waals surface area (Å²) in [6.45, 7) is 4.01. The summed E-state index contributed by atoms with van der Waals surface area (Å²) in [5.74, 6) is 0. The Bertz CT molecular complexity index is 626. The molecule has 2 aliphatic rings. The molecule has 0 spiro atoms. The molecular weight excluding hydrogens is 286 g/mol. The lowest BCUT2D eigenvalue weighted by atomic mass is 10.1. The van der Waals surface area contributed by atoms with Crippen molar-refractivity contribution in [2.24, 2.45) is 5.73 Å². The molecule has 116 valence electrons. The molecule has 1 heterocycles. The third-order valence-corrected chi connectivity index (χ3v) is 6.18. The standard InChI is InChI=1S/C15H23N3O2S/c1-11-12(9-16)3-2-4-15(11)21(19,20)17-13-7-8-18(10-13)14-5-6-14/h2-4,13-14,17H,5-10,16H2,1H3. The summed E-state index contributed by atoms with van der Waals surface area (Å²) >= 11 is 0. The minimum absolute atomic E-state index is 0.0246. The summed E-state index contributed by atoms with van der Waals surface area (Å²) in [6, 6.07) is 6.01. The van der Waals surface area contributed by atoms with Crippen LogP contribution in [0.2, 0.25) is 0 Å². The number of nitrogens with zero attached hydrogens (tertiary/aromatic N) is 1. The van der Waals surface area contributed by atoms with E-state index in [2.05, 4.69) is 9.62 Å². The molecule has 1 aliphatic heterocycles. The fourth-order valence-corrected chi connectivity index (χ4v) is 4.66. The highest BCUT2D eigenvalue weighted by molar-refractivity contribution is 7.89. The van der Waals surface area contributed by atoms with Crippen LogP contribution in [0.5, 0.6) is 0 Å². The van der Waals surface area contributed by atoms with Crippen LogP contribution < -0.4 is 10.5 Å². The summed E-state index contributed by atoms with van der Waals surface area (Å²) in [5, 5.41) is 0. The van der Waals surface area contributed by atoms with Gasteiger partial charge in [0.05, 0.1) is 4.90 Å². The van der Waals surface area contributed by atoms with Crippen molar-refractivity contribution in [2.75, 3.05) is 13.1 Å². The molecule has 1 aromatic rings. The molecule has 3 N–H and O–H groups in total. The Morgan fingerprint density at radius 1 is 1.33 bits per heavy atom. The van der Waals surface area contributed by atoms with Gasteiger partial charge in [-0.1, -0.05) is 12.1 Å². The zero-order chi connectivity index (χ0) is 15.0. The molecule has 5 nitrogen and oxygen atoms in total. The smallest absolute Gasteiger partial charge is 0.241 e. The first-order chi connectivity index (χ1) is 10.0. The molecule has 1 saturated heterocycles. The van der Waals surface area contributed by atoms with Crippen molar-refractivity contribution in [1.82, 2.24) is 9.62 Å². The Hall–Kier alpha value is -0.950. The first-order valence-corrected chi connectivity index (χ1v) is 9.04.